The van der Waals surface area contributed by atoms with Crippen molar-refractivity contribution in [3.05, 3.63) is 34.6 Å². The number of hydrogen-bond donors (Lipinski definition) is 4. The van der Waals surface area contributed by atoms with Crippen LogP contribution < -0.4 is 15.5 Å². The first kappa shape index (κ1) is 21.5. The van der Waals surface area contributed by atoms with Crippen LogP contribution in [0.25, 0.3) is 0 Å². The molecule has 1 saturated heterocycles. The summed E-state index contributed by atoms with van der Waals surface area (Å²) in [4.78, 5) is 28.7. The predicted molar refractivity (Wildman–Crippen MR) is 130 cm³/mol. The maximum Gasteiger partial charge on any atom is 0.248 e. The molecule has 11 heteroatoms. The van der Waals surface area contributed by atoms with E-state index in [-0.39, 0.29) is 11.9 Å². The third-order valence-electron chi connectivity index (χ3n) is 7.11. The highest BCUT2D eigenvalue weighted by Crippen LogP contribution is 2.39. The molecule has 0 aromatic carbocycles. The highest BCUT2D eigenvalue weighted by atomic mass is 32.1. The molecule has 1 saturated carbocycles. The minimum Gasteiger partial charge on any atom is -0.388 e. The second-order valence-electron chi connectivity index (χ2n) is 9.28. The van der Waals surface area contributed by atoms with E-state index in [1.165, 1.54) is 37.0 Å². The molecule has 1 amide bonds. The van der Waals surface area contributed by atoms with Crippen molar-refractivity contribution in [2.24, 2.45) is 0 Å². The summed E-state index contributed by atoms with van der Waals surface area (Å²) in [6.07, 6.45) is 8.86. The van der Waals surface area contributed by atoms with Gasteiger partial charge in [-0.2, -0.15) is 10.1 Å². The average molecular weight is 481 g/mol. The van der Waals surface area contributed by atoms with Gasteiger partial charge < -0.3 is 20.6 Å². The summed E-state index contributed by atoms with van der Waals surface area (Å²) in [6.45, 7) is 0.699. The number of amides is 1. The molecular formula is C23H28N8O2S. The Morgan fingerprint density at radius 1 is 1.18 bits per heavy atom. The van der Waals surface area contributed by atoms with E-state index in [1.807, 2.05) is 16.3 Å². The quantitative estimate of drug-likeness (QED) is 0.420. The number of H-pyrrole nitrogens is 1. The van der Waals surface area contributed by atoms with Crippen molar-refractivity contribution in [2.45, 2.75) is 69.4 Å². The zero-order valence-corrected chi connectivity index (χ0v) is 19.6. The maximum atomic E-state index is 13.0. The van der Waals surface area contributed by atoms with Gasteiger partial charge in [0.05, 0.1) is 11.8 Å². The van der Waals surface area contributed by atoms with Crippen LogP contribution >= 0.6 is 11.3 Å². The Bertz CT molecular complexity index is 1170. The summed E-state index contributed by atoms with van der Waals surface area (Å²) in [5, 5.41) is 26.9. The van der Waals surface area contributed by atoms with Gasteiger partial charge in [-0.25, -0.2) is 9.97 Å². The van der Waals surface area contributed by atoms with Crippen LogP contribution in [-0.2, 0) is 11.2 Å². The fraction of sp³-hybridized carbons (Fsp3) is 0.522. The van der Waals surface area contributed by atoms with Gasteiger partial charge in [-0.05, 0) is 38.5 Å². The van der Waals surface area contributed by atoms with E-state index in [0.717, 1.165) is 29.8 Å². The number of aromatic nitrogens is 5. The van der Waals surface area contributed by atoms with Crippen LogP contribution in [0.4, 0.5) is 22.7 Å². The smallest absolute Gasteiger partial charge is 0.248 e. The van der Waals surface area contributed by atoms with Gasteiger partial charge >= 0.3 is 0 Å². The first-order valence-electron chi connectivity index (χ1n) is 12.0. The number of thiazole rings is 1. The number of hydrogen-bond acceptors (Lipinski definition) is 9. The van der Waals surface area contributed by atoms with Gasteiger partial charge in [0.2, 0.25) is 11.9 Å². The van der Waals surface area contributed by atoms with Crippen molar-refractivity contribution >= 4 is 40.0 Å². The molecule has 4 N–H and O–H groups in total. The summed E-state index contributed by atoms with van der Waals surface area (Å²) < 4.78 is 0. The molecule has 178 valence electrons. The molecule has 3 aromatic rings. The van der Waals surface area contributed by atoms with Crippen molar-refractivity contribution in [2.75, 3.05) is 22.1 Å². The molecule has 0 spiro atoms. The van der Waals surface area contributed by atoms with Crippen LogP contribution in [0, 0.1) is 0 Å². The van der Waals surface area contributed by atoms with Crippen LogP contribution in [0.15, 0.2) is 17.6 Å². The van der Waals surface area contributed by atoms with Gasteiger partial charge in [0.1, 0.15) is 11.9 Å². The highest BCUT2D eigenvalue weighted by molar-refractivity contribution is 7.13. The predicted octanol–water partition coefficient (Wildman–Crippen LogP) is 3.64. The fourth-order valence-corrected chi connectivity index (χ4v) is 5.94. The van der Waals surface area contributed by atoms with Crippen molar-refractivity contribution in [1.29, 1.82) is 0 Å². The second kappa shape index (κ2) is 8.95. The Labute approximate surface area is 201 Å². The number of aromatic amines is 1. The lowest BCUT2D eigenvalue weighted by Gasteiger charge is -2.25. The number of anilines is 4. The van der Waals surface area contributed by atoms with Crippen molar-refractivity contribution < 1.29 is 9.90 Å². The molecule has 3 aliphatic rings. The number of nitrogens with zero attached hydrogens (tertiary/aromatic N) is 5. The number of carbonyl (C=O) groups is 1. The lowest BCUT2D eigenvalue weighted by Crippen LogP contribution is -2.40. The summed E-state index contributed by atoms with van der Waals surface area (Å²) in [7, 11) is 0. The van der Waals surface area contributed by atoms with Crippen LogP contribution in [0.2, 0.25) is 0 Å². The minimum absolute atomic E-state index is 0.0976. The van der Waals surface area contributed by atoms with Crippen LogP contribution in [0.5, 0.6) is 0 Å². The zero-order valence-electron chi connectivity index (χ0n) is 18.8. The van der Waals surface area contributed by atoms with Crippen LogP contribution in [0.3, 0.4) is 0 Å². The first-order chi connectivity index (χ1) is 16.7. The maximum absolute atomic E-state index is 13.0. The molecule has 3 aromatic heterocycles. The highest BCUT2D eigenvalue weighted by Gasteiger charge is 2.35. The fourth-order valence-electron chi connectivity index (χ4n) is 5.41. The number of rotatable bonds is 6. The molecule has 0 bridgehead atoms. The second-order valence-corrected chi connectivity index (χ2v) is 10.2. The molecule has 2 fully saturated rings. The number of nitrogens with one attached hydrogen (secondary N) is 3. The van der Waals surface area contributed by atoms with Crippen LogP contribution in [-0.4, -0.2) is 48.7 Å². The molecule has 0 radical (unpaired) electrons. The molecule has 4 heterocycles. The van der Waals surface area contributed by atoms with E-state index in [2.05, 4.69) is 25.8 Å². The normalized spacial score (nSPS) is 22.3. The summed E-state index contributed by atoms with van der Waals surface area (Å²) in [5.74, 6) is 2.20. The molecule has 34 heavy (non-hydrogen) atoms. The Hall–Kier alpha value is -3.05. The van der Waals surface area contributed by atoms with E-state index in [9.17, 15) is 9.90 Å². The van der Waals surface area contributed by atoms with E-state index < -0.39 is 6.10 Å². The van der Waals surface area contributed by atoms with Gasteiger partial charge in [-0.1, -0.05) is 12.8 Å². The van der Waals surface area contributed by atoms with Gasteiger partial charge in [0.25, 0.3) is 0 Å². The minimum atomic E-state index is -0.609. The zero-order chi connectivity index (χ0) is 23.1. The summed E-state index contributed by atoms with van der Waals surface area (Å²) >= 11 is 1.40. The number of aliphatic hydroxyl groups is 1. The Morgan fingerprint density at radius 3 is 2.88 bits per heavy atom. The monoisotopic (exact) mass is 480 g/mol. The van der Waals surface area contributed by atoms with E-state index in [0.29, 0.717) is 48.0 Å². The molecule has 6 rings (SSSR count). The lowest BCUT2D eigenvalue weighted by molar-refractivity contribution is -0.117. The third-order valence-corrected chi connectivity index (χ3v) is 7.80. The van der Waals surface area contributed by atoms with E-state index in [4.69, 9.17) is 9.97 Å². The van der Waals surface area contributed by atoms with Gasteiger partial charge in [0, 0.05) is 41.4 Å². The van der Waals surface area contributed by atoms with E-state index >= 15 is 0 Å². The number of fused-ring (bicyclic) bond motifs is 1. The van der Waals surface area contributed by atoms with Crippen molar-refractivity contribution in [3.8, 4) is 0 Å². The van der Waals surface area contributed by atoms with Gasteiger partial charge in [0.15, 0.2) is 10.9 Å². The van der Waals surface area contributed by atoms with Crippen molar-refractivity contribution in [1.82, 2.24) is 25.1 Å². The van der Waals surface area contributed by atoms with Crippen LogP contribution in [0.1, 0.15) is 73.9 Å². The average Bonchev–Trinajstić information content (AvgIpc) is 3.65. The largest absolute Gasteiger partial charge is 0.388 e. The van der Waals surface area contributed by atoms with Gasteiger partial charge in [-0.3, -0.25) is 9.89 Å². The Kier molecular flexibility index (Phi) is 5.66. The number of carbonyl (C=O) groups excluding carboxylic acids is 1. The summed E-state index contributed by atoms with van der Waals surface area (Å²) in [6, 6.07) is 1.69. The number of aryl methyl sites for hydroxylation is 1. The molecule has 2 aliphatic carbocycles. The molecule has 10 nitrogen and oxygen atoms in total. The summed E-state index contributed by atoms with van der Waals surface area (Å²) in [5.41, 5.74) is 2.71. The molecule has 1 aliphatic heterocycles. The molecule has 2 atom stereocenters. The lowest BCUT2D eigenvalue weighted by atomic mass is 10.0. The number of aliphatic hydroxyl groups excluding tert-OH is 1. The topological polar surface area (TPSA) is 132 Å². The molecule has 0 unspecified atom stereocenters. The first-order valence-corrected chi connectivity index (χ1v) is 12.9. The van der Waals surface area contributed by atoms with Gasteiger partial charge in [-0.15, -0.1) is 11.3 Å². The standard InChI is InChI=1S/C23H28N8O2S/c32-17-8-7-14-19(17)20(26-18-12-15(29-30-18)13-4-1-2-5-13)27-22(25-14)31-10-3-6-16(31)21(33)28-23-24-9-11-34-23/h9,11-13,16-17,32H,1-8,10H2,(H,24,28,33)(H2,25,26,27,29,30)/t16-,17+/m1/s1. The molecular weight excluding hydrogens is 452 g/mol. The van der Waals surface area contributed by atoms with E-state index in [1.54, 1.807) is 6.20 Å². The Morgan fingerprint density at radius 2 is 2.06 bits per heavy atom. The van der Waals surface area contributed by atoms with Crippen molar-refractivity contribution in [3.63, 3.8) is 0 Å². The third kappa shape index (κ3) is 4.03. The SMILES string of the molecule is O=C(Nc1nccs1)[C@H]1CCCN1c1nc2c(c(Nc3cc(C4CCCC4)[nH]n3)n1)[C@@H](O)CC2. The Balaban J connectivity index is 1.28.